The van der Waals surface area contributed by atoms with Gasteiger partial charge >= 0.3 is 0 Å². The van der Waals surface area contributed by atoms with E-state index in [9.17, 15) is 23.6 Å². The van der Waals surface area contributed by atoms with Gasteiger partial charge in [0.2, 0.25) is 23.6 Å². The van der Waals surface area contributed by atoms with Gasteiger partial charge in [-0.1, -0.05) is 18.2 Å². The first-order valence-electron chi connectivity index (χ1n) is 12.1. The third-order valence-electron chi connectivity index (χ3n) is 7.22. The van der Waals surface area contributed by atoms with Gasteiger partial charge in [0.15, 0.2) is 0 Å². The topological polar surface area (TPSA) is 96.5 Å². The summed E-state index contributed by atoms with van der Waals surface area (Å²) in [6, 6.07) is 5.80. The number of amides is 4. The Morgan fingerprint density at radius 2 is 1.89 bits per heavy atom. The zero-order valence-electron chi connectivity index (χ0n) is 20.0. The quantitative estimate of drug-likeness (QED) is 0.530. The second kappa shape index (κ2) is 10.8. The summed E-state index contributed by atoms with van der Waals surface area (Å²) in [6.07, 6.45) is 0.722. The van der Waals surface area contributed by atoms with Crippen LogP contribution < -0.4 is 0 Å². The average Bonchev–Trinajstić information content (AvgIpc) is 3.12. The maximum Gasteiger partial charge on any atom is 0.241 e. The van der Waals surface area contributed by atoms with Crippen LogP contribution in [-0.4, -0.2) is 98.0 Å². The fourth-order valence-electron chi connectivity index (χ4n) is 5.32. The lowest BCUT2D eigenvalue weighted by molar-refractivity contribution is -0.147. The van der Waals surface area contributed by atoms with Gasteiger partial charge in [-0.2, -0.15) is 0 Å². The van der Waals surface area contributed by atoms with Crippen molar-refractivity contribution >= 4 is 23.6 Å². The van der Waals surface area contributed by atoms with Crippen LogP contribution in [0.25, 0.3) is 0 Å². The Morgan fingerprint density at radius 1 is 1.14 bits per heavy atom. The maximum atomic E-state index is 14.9. The van der Waals surface area contributed by atoms with Crippen LogP contribution >= 0.6 is 0 Å². The Hall–Kier alpha value is -2.85. The number of benzene rings is 1. The number of likely N-dealkylation sites (tertiary alicyclic amines) is 2. The number of morpholine rings is 1. The van der Waals surface area contributed by atoms with Gasteiger partial charge in [-0.3, -0.25) is 24.1 Å². The molecule has 35 heavy (non-hydrogen) atoms. The molecule has 0 unspecified atom stereocenters. The summed E-state index contributed by atoms with van der Waals surface area (Å²) in [7, 11) is 1.46. The van der Waals surface area contributed by atoms with Crippen LogP contribution in [0.2, 0.25) is 0 Å². The highest BCUT2D eigenvalue weighted by Crippen LogP contribution is 2.41. The van der Waals surface area contributed by atoms with Gasteiger partial charge in [-0.15, -0.1) is 0 Å². The van der Waals surface area contributed by atoms with Crippen LogP contribution in [0.15, 0.2) is 24.3 Å². The van der Waals surface area contributed by atoms with Crippen molar-refractivity contribution in [2.45, 2.75) is 31.1 Å². The number of hydrogen-bond donors (Lipinski definition) is 0. The van der Waals surface area contributed by atoms with Gasteiger partial charge in [0.25, 0.3) is 0 Å². The Morgan fingerprint density at radius 3 is 2.60 bits per heavy atom. The van der Waals surface area contributed by atoms with Gasteiger partial charge in [-0.05, 0) is 18.9 Å². The van der Waals surface area contributed by atoms with Crippen molar-refractivity contribution in [3.05, 3.63) is 35.6 Å². The van der Waals surface area contributed by atoms with E-state index in [4.69, 9.17) is 9.47 Å². The lowest BCUT2D eigenvalue weighted by atomic mass is 9.75. The Kier molecular flexibility index (Phi) is 7.81. The Labute approximate surface area is 204 Å². The molecular weight excluding hydrogens is 457 g/mol. The molecule has 2 atom stereocenters. The molecule has 0 N–H and O–H groups in total. The molecule has 190 valence electrons. The molecule has 0 radical (unpaired) electrons. The van der Waals surface area contributed by atoms with Crippen molar-refractivity contribution in [3.8, 4) is 0 Å². The van der Waals surface area contributed by atoms with Crippen molar-refractivity contribution < 1.29 is 33.0 Å². The molecule has 9 nitrogen and oxygen atoms in total. The van der Waals surface area contributed by atoms with Crippen molar-refractivity contribution in [2.24, 2.45) is 5.92 Å². The second-order valence-corrected chi connectivity index (χ2v) is 9.38. The molecule has 1 aromatic rings. The van der Waals surface area contributed by atoms with Crippen LogP contribution in [-0.2, 0) is 34.1 Å². The highest BCUT2D eigenvalue weighted by atomic mass is 19.1. The van der Waals surface area contributed by atoms with E-state index in [1.807, 2.05) is 0 Å². The number of hydrogen-bond acceptors (Lipinski definition) is 6. The summed E-state index contributed by atoms with van der Waals surface area (Å²) in [4.78, 5) is 57.3. The number of imide groups is 1. The molecule has 0 aliphatic carbocycles. The first kappa shape index (κ1) is 25.2. The standard InChI is InChI=1S/C25H32FN3O6/c1-34-12-11-29-22(31)16-25(24(29)33,19-6-2-3-7-20(19)26)15-21(30)28-8-4-5-18(17-28)23(32)27-9-13-35-14-10-27/h2-3,6-7,18H,4-5,8-17H2,1H3/t18-,25+/m1/s1. The minimum atomic E-state index is -1.62. The largest absolute Gasteiger partial charge is 0.383 e. The molecule has 3 aliphatic rings. The molecule has 10 heteroatoms. The van der Waals surface area contributed by atoms with Crippen LogP contribution in [0.4, 0.5) is 4.39 Å². The van der Waals surface area contributed by atoms with E-state index in [0.717, 1.165) is 4.90 Å². The third-order valence-corrected chi connectivity index (χ3v) is 7.22. The molecule has 4 amide bonds. The van der Waals surface area contributed by atoms with E-state index in [1.54, 1.807) is 15.9 Å². The van der Waals surface area contributed by atoms with Crippen LogP contribution in [0.5, 0.6) is 0 Å². The summed E-state index contributed by atoms with van der Waals surface area (Å²) in [5.41, 5.74) is -1.57. The highest BCUT2D eigenvalue weighted by Gasteiger charge is 2.55. The molecule has 4 rings (SSSR count). The Bertz CT molecular complexity index is 982. The minimum Gasteiger partial charge on any atom is -0.383 e. The number of nitrogens with zero attached hydrogens (tertiary/aromatic N) is 3. The first-order chi connectivity index (χ1) is 16.9. The van der Waals surface area contributed by atoms with Gasteiger partial charge in [0.05, 0.1) is 37.7 Å². The number of piperidine rings is 1. The van der Waals surface area contributed by atoms with E-state index in [1.165, 1.54) is 25.3 Å². The number of halogens is 1. The van der Waals surface area contributed by atoms with E-state index >= 15 is 0 Å². The van der Waals surface area contributed by atoms with Gasteiger partial charge in [0.1, 0.15) is 5.82 Å². The van der Waals surface area contributed by atoms with E-state index in [2.05, 4.69) is 0 Å². The number of carbonyl (C=O) groups is 4. The monoisotopic (exact) mass is 489 g/mol. The highest BCUT2D eigenvalue weighted by molar-refractivity contribution is 6.10. The van der Waals surface area contributed by atoms with Crippen LogP contribution in [0, 0.1) is 11.7 Å². The van der Waals surface area contributed by atoms with Gasteiger partial charge in [-0.25, -0.2) is 4.39 Å². The Balaban J connectivity index is 1.55. The molecule has 3 aliphatic heterocycles. The molecule has 0 saturated carbocycles. The molecule has 3 fully saturated rings. The normalized spacial score (nSPS) is 25.3. The van der Waals surface area contributed by atoms with Gasteiger partial charge in [0, 0.05) is 51.7 Å². The maximum absolute atomic E-state index is 14.9. The van der Waals surface area contributed by atoms with E-state index < -0.39 is 23.0 Å². The van der Waals surface area contributed by atoms with Crippen LogP contribution in [0.1, 0.15) is 31.2 Å². The molecule has 0 aromatic heterocycles. The zero-order valence-corrected chi connectivity index (χ0v) is 20.0. The molecule has 3 saturated heterocycles. The second-order valence-electron chi connectivity index (χ2n) is 9.38. The summed E-state index contributed by atoms with van der Waals surface area (Å²) in [6.45, 7) is 2.96. The lowest BCUT2D eigenvalue weighted by Crippen LogP contribution is -2.51. The SMILES string of the molecule is COCCN1C(=O)C[C@@](CC(=O)N2CCC[C@@H](C(=O)N3CCOCC3)C2)(c2ccccc2F)C1=O. The zero-order chi connectivity index (χ0) is 25.0. The van der Waals surface area contributed by atoms with Crippen molar-refractivity contribution in [3.63, 3.8) is 0 Å². The predicted octanol–water partition coefficient (Wildman–Crippen LogP) is 0.956. The number of carbonyl (C=O) groups excluding carboxylic acids is 4. The van der Waals surface area contributed by atoms with Crippen LogP contribution in [0.3, 0.4) is 0 Å². The average molecular weight is 490 g/mol. The van der Waals surface area contributed by atoms with Crippen molar-refractivity contribution in [1.29, 1.82) is 0 Å². The molecule has 3 heterocycles. The number of methoxy groups -OCH3 is 1. The fourth-order valence-corrected chi connectivity index (χ4v) is 5.32. The number of ether oxygens (including phenoxy) is 2. The lowest BCUT2D eigenvalue weighted by Gasteiger charge is -2.37. The molecule has 0 bridgehead atoms. The third kappa shape index (κ3) is 5.08. The summed E-state index contributed by atoms with van der Waals surface area (Å²) in [5, 5.41) is 0. The first-order valence-corrected chi connectivity index (χ1v) is 12.1. The van der Waals surface area contributed by atoms with Crippen molar-refractivity contribution in [1.82, 2.24) is 14.7 Å². The van der Waals surface area contributed by atoms with Gasteiger partial charge < -0.3 is 19.3 Å². The predicted molar refractivity (Wildman–Crippen MR) is 123 cm³/mol. The molecule has 0 spiro atoms. The molecule has 1 aromatic carbocycles. The van der Waals surface area contributed by atoms with E-state index in [0.29, 0.717) is 45.7 Å². The summed E-state index contributed by atoms with van der Waals surface area (Å²) < 4.78 is 25.3. The summed E-state index contributed by atoms with van der Waals surface area (Å²) >= 11 is 0. The fraction of sp³-hybridized carbons (Fsp3) is 0.600. The van der Waals surface area contributed by atoms with E-state index in [-0.39, 0.29) is 55.8 Å². The minimum absolute atomic E-state index is 0.00692. The smallest absolute Gasteiger partial charge is 0.241 e. The molecular formula is C25H32FN3O6. The van der Waals surface area contributed by atoms with Crippen molar-refractivity contribution in [2.75, 3.05) is 59.7 Å². The number of rotatable bonds is 7. The summed E-state index contributed by atoms with van der Waals surface area (Å²) in [5.74, 6) is -2.35.